The molecule has 28 heavy (non-hydrogen) atoms. The Hall–Kier alpha value is -2.67. The van der Waals surface area contributed by atoms with Crippen molar-refractivity contribution >= 4 is 41.0 Å². The normalized spacial score (nSPS) is 27.3. The molecule has 1 heterocycles. The average Bonchev–Trinajstić information content (AvgIpc) is 3.34. The Morgan fingerprint density at radius 3 is 2.46 bits per heavy atom. The maximum atomic E-state index is 12.5. The van der Waals surface area contributed by atoms with Crippen molar-refractivity contribution in [1.82, 2.24) is 4.90 Å². The fourth-order valence-electron chi connectivity index (χ4n) is 4.37. The molecule has 2 fully saturated rings. The van der Waals surface area contributed by atoms with E-state index in [1.54, 1.807) is 25.1 Å². The zero-order valence-corrected chi connectivity index (χ0v) is 15.9. The molecule has 146 valence electrons. The summed E-state index contributed by atoms with van der Waals surface area (Å²) in [7, 11) is 0. The van der Waals surface area contributed by atoms with Crippen molar-refractivity contribution in [2.24, 2.45) is 23.7 Å². The third kappa shape index (κ3) is 3.09. The van der Waals surface area contributed by atoms with E-state index in [2.05, 4.69) is 5.32 Å². The lowest BCUT2D eigenvalue weighted by molar-refractivity contribution is -0.154. The summed E-state index contributed by atoms with van der Waals surface area (Å²) in [6.45, 7) is 0.779. The van der Waals surface area contributed by atoms with Gasteiger partial charge in [-0.05, 0) is 42.9 Å². The Bertz CT molecular complexity index is 882. The molecule has 4 rings (SSSR count). The summed E-state index contributed by atoms with van der Waals surface area (Å²) in [4.78, 5) is 50.2. The lowest BCUT2D eigenvalue weighted by Crippen LogP contribution is -2.38. The number of carbonyl (C=O) groups is 4. The molecular weight excluding hydrogens is 384 g/mol. The monoisotopic (exact) mass is 402 g/mol. The van der Waals surface area contributed by atoms with E-state index in [9.17, 15) is 19.2 Å². The van der Waals surface area contributed by atoms with E-state index >= 15 is 0 Å². The van der Waals surface area contributed by atoms with Gasteiger partial charge in [0.25, 0.3) is 5.91 Å². The number of carbonyl (C=O) groups excluding carboxylic acids is 4. The number of halogens is 1. The number of ether oxygens (including phenoxy) is 1. The highest BCUT2D eigenvalue weighted by Gasteiger charge is 2.59. The predicted molar refractivity (Wildman–Crippen MR) is 100 cm³/mol. The van der Waals surface area contributed by atoms with Gasteiger partial charge in [-0.3, -0.25) is 24.1 Å². The third-order valence-corrected chi connectivity index (χ3v) is 6.16. The van der Waals surface area contributed by atoms with Crippen LogP contribution in [0.2, 0.25) is 5.02 Å². The minimum atomic E-state index is -0.792. The van der Waals surface area contributed by atoms with Gasteiger partial charge in [0.2, 0.25) is 11.8 Å². The number of benzene rings is 1. The number of nitrogens with one attached hydrogen (secondary N) is 1. The fourth-order valence-corrected chi connectivity index (χ4v) is 4.54. The van der Waals surface area contributed by atoms with E-state index in [4.69, 9.17) is 16.3 Å². The molecule has 0 unspecified atom stereocenters. The molecule has 4 atom stereocenters. The number of anilines is 1. The van der Waals surface area contributed by atoms with Gasteiger partial charge in [0, 0.05) is 10.7 Å². The van der Waals surface area contributed by atoms with Gasteiger partial charge in [-0.2, -0.15) is 0 Å². The van der Waals surface area contributed by atoms with E-state index in [1.807, 2.05) is 12.2 Å². The van der Waals surface area contributed by atoms with Crippen molar-refractivity contribution in [3.05, 3.63) is 40.9 Å². The Labute approximate surface area is 166 Å². The van der Waals surface area contributed by atoms with Crippen LogP contribution in [-0.4, -0.2) is 41.7 Å². The highest BCUT2D eigenvalue weighted by molar-refractivity contribution is 6.31. The maximum Gasteiger partial charge on any atom is 0.326 e. The fraction of sp³-hybridized carbons (Fsp3) is 0.400. The maximum absolute atomic E-state index is 12.5. The first-order valence-electron chi connectivity index (χ1n) is 9.11. The number of nitrogens with zero attached hydrogens (tertiary/aromatic N) is 1. The van der Waals surface area contributed by atoms with Crippen molar-refractivity contribution in [2.45, 2.75) is 13.3 Å². The smallest absolute Gasteiger partial charge is 0.326 e. The summed E-state index contributed by atoms with van der Waals surface area (Å²) >= 11 is 6.00. The van der Waals surface area contributed by atoms with Gasteiger partial charge in [-0.25, -0.2) is 0 Å². The Kier molecular flexibility index (Phi) is 4.71. The van der Waals surface area contributed by atoms with Gasteiger partial charge >= 0.3 is 5.97 Å². The van der Waals surface area contributed by atoms with Crippen molar-refractivity contribution in [2.75, 3.05) is 18.5 Å². The number of hydrogen-bond acceptors (Lipinski definition) is 5. The highest BCUT2D eigenvalue weighted by atomic mass is 35.5. The zero-order valence-electron chi connectivity index (χ0n) is 15.2. The van der Waals surface area contributed by atoms with Gasteiger partial charge in [-0.15, -0.1) is 0 Å². The molecule has 1 aliphatic heterocycles. The largest absolute Gasteiger partial charge is 0.454 e. The molecule has 3 aliphatic rings. The first kappa shape index (κ1) is 18.7. The van der Waals surface area contributed by atoms with E-state index in [-0.39, 0.29) is 35.5 Å². The predicted octanol–water partition coefficient (Wildman–Crippen LogP) is 1.94. The second kappa shape index (κ2) is 7.05. The van der Waals surface area contributed by atoms with Crippen LogP contribution < -0.4 is 5.32 Å². The SMILES string of the molecule is Cc1c(Cl)cccc1NC(=O)COC(=O)CN1C(=O)[C@@H]2[C@@H](C1=O)[C@H]1C=C[C@H]2C1. The van der Waals surface area contributed by atoms with Gasteiger partial charge in [0.15, 0.2) is 6.61 Å². The van der Waals surface area contributed by atoms with Crippen LogP contribution in [0.5, 0.6) is 0 Å². The average molecular weight is 403 g/mol. The number of fused-ring (bicyclic) bond motifs is 5. The Morgan fingerprint density at radius 1 is 1.18 bits per heavy atom. The number of hydrogen-bond donors (Lipinski definition) is 1. The molecule has 3 amide bonds. The molecule has 2 bridgehead atoms. The molecule has 1 saturated carbocycles. The molecule has 0 radical (unpaired) electrons. The summed E-state index contributed by atoms with van der Waals surface area (Å²) in [5.74, 6) is -2.50. The molecule has 1 N–H and O–H groups in total. The summed E-state index contributed by atoms with van der Waals surface area (Å²) < 4.78 is 4.95. The van der Waals surface area contributed by atoms with Crippen LogP contribution in [-0.2, 0) is 23.9 Å². The van der Waals surface area contributed by atoms with E-state index in [0.717, 1.165) is 11.3 Å². The van der Waals surface area contributed by atoms with Gasteiger partial charge in [0.1, 0.15) is 6.54 Å². The molecule has 1 saturated heterocycles. The Balaban J connectivity index is 1.30. The first-order valence-corrected chi connectivity index (χ1v) is 9.48. The number of allylic oxidation sites excluding steroid dienone is 2. The molecule has 0 aromatic heterocycles. The lowest BCUT2D eigenvalue weighted by atomic mass is 9.85. The summed E-state index contributed by atoms with van der Waals surface area (Å²) in [6.07, 6.45) is 4.80. The van der Waals surface area contributed by atoms with Crippen LogP contribution >= 0.6 is 11.6 Å². The second-order valence-electron chi connectivity index (χ2n) is 7.38. The quantitative estimate of drug-likeness (QED) is 0.461. The van der Waals surface area contributed by atoms with Crippen LogP contribution in [0.1, 0.15) is 12.0 Å². The van der Waals surface area contributed by atoms with Crippen molar-refractivity contribution in [1.29, 1.82) is 0 Å². The zero-order chi connectivity index (χ0) is 20.0. The van der Waals surface area contributed by atoms with Gasteiger partial charge in [0.05, 0.1) is 11.8 Å². The molecule has 8 heteroatoms. The molecule has 1 aromatic carbocycles. The summed E-state index contributed by atoms with van der Waals surface area (Å²) in [5, 5.41) is 3.12. The van der Waals surface area contributed by atoms with E-state index in [1.165, 1.54) is 0 Å². The van der Waals surface area contributed by atoms with Crippen molar-refractivity contribution in [3.63, 3.8) is 0 Å². The van der Waals surface area contributed by atoms with Crippen LogP contribution in [0.15, 0.2) is 30.4 Å². The molecular formula is C20H19ClN2O5. The van der Waals surface area contributed by atoms with E-state index in [0.29, 0.717) is 16.3 Å². The number of amides is 3. The van der Waals surface area contributed by atoms with Crippen LogP contribution in [0, 0.1) is 30.6 Å². The minimum absolute atomic E-state index is 0.0826. The van der Waals surface area contributed by atoms with E-state index < -0.39 is 25.0 Å². The standard InChI is InChI=1S/C20H19ClN2O5/c1-10-13(21)3-2-4-14(10)22-15(24)9-28-16(25)8-23-19(26)17-11-5-6-12(7-11)18(17)20(23)27/h2-6,11-12,17-18H,7-9H2,1H3,(H,22,24)/t11-,12-,17-,18-/m0/s1. The number of esters is 1. The first-order chi connectivity index (χ1) is 13.4. The molecule has 0 spiro atoms. The number of rotatable bonds is 5. The van der Waals surface area contributed by atoms with Gasteiger partial charge < -0.3 is 10.1 Å². The molecule has 7 nitrogen and oxygen atoms in total. The van der Waals surface area contributed by atoms with Crippen LogP contribution in [0.4, 0.5) is 5.69 Å². The second-order valence-corrected chi connectivity index (χ2v) is 7.79. The Morgan fingerprint density at radius 2 is 1.82 bits per heavy atom. The minimum Gasteiger partial charge on any atom is -0.454 e. The van der Waals surface area contributed by atoms with Gasteiger partial charge in [-0.1, -0.05) is 29.8 Å². The topological polar surface area (TPSA) is 92.8 Å². The molecule has 1 aromatic rings. The molecule has 2 aliphatic carbocycles. The van der Waals surface area contributed by atoms with Crippen LogP contribution in [0.25, 0.3) is 0 Å². The summed E-state index contributed by atoms with van der Waals surface area (Å²) in [6, 6.07) is 5.08. The van der Waals surface area contributed by atoms with Crippen molar-refractivity contribution in [3.8, 4) is 0 Å². The highest BCUT2D eigenvalue weighted by Crippen LogP contribution is 2.52. The number of imide groups is 1. The number of likely N-dealkylation sites (tertiary alicyclic amines) is 1. The lowest BCUT2D eigenvalue weighted by Gasteiger charge is -2.16. The van der Waals surface area contributed by atoms with Crippen LogP contribution in [0.3, 0.4) is 0 Å². The summed E-state index contributed by atoms with van der Waals surface area (Å²) in [5.41, 5.74) is 1.22. The third-order valence-electron chi connectivity index (χ3n) is 5.75. The van der Waals surface area contributed by atoms with Crippen molar-refractivity contribution < 1.29 is 23.9 Å².